The quantitative estimate of drug-likeness (QED) is 0.505. The van der Waals surface area contributed by atoms with Gasteiger partial charge in [-0.1, -0.05) is 41.9 Å². The van der Waals surface area contributed by atoms with E-state index in [0.29, 0.717) is 10.6 Å². The molecule has 32 heavy (non-hydrogen) atoms. The lowest BCUT2D eigenvalue weighted by molar-refractivity contribution is 0.0947. The van der Waals surface area contributed by atoms with E-state index < -0.39 is 21.7 Å². The summed E-state index contributed by atoms with van der Waals surface area (Å²) in [6, 6.07) is 14.6. The molecule has 0 unspecified atom stereocenters. The Labute approximate surface area is 190 Å². The maximum absolute atomic E-state index is 14.0. The number of carbonyl (C=O) groups excluding carboxylic acids is 1. The number of para-hydroxylation sites is 1. The molecule has 3 aromatic carbocycles. The first kappa shape index (κ1) is 23.4. The molecular formula is C22H20ClFN2O5S. The summed E-state index contributed by atoms with van der Waals surface area (Å²) in [6.07, 6.45) is 0. The van der Waals surface area contributed by atoms with Crippen LogP contribution in [0.15, 0.2) is 65.6 Å². The fourth-order valence-corrected chi connectivity index (χ4v) is 4.23. The molecule has 0 aliphatic rings. The van der Waals surface area contributed by atoms with Crippen LogP contribution in [-0.2, 0) is 16.6 Å². The minimum atomic E-state index is -4.25. The summed E-state index contributed by atoms with van der Waals surface area (Å²) >= 11 is 6.12. The van der Waals surface area contributed by atoms with Gasteiger partial charge in [0.05, 0.1) is 30.4 Å². The van der Waals surface area contributed by atoms with E-state index in [1.54, 1.807) is 24.3 Å². The number of hydrogen-bond donors (Lipinski definition) is 2. The molecule has 0 aromatic heterocycles. The lowest BCUT2D eigenvalue weighted by Crippen LogP contribution is -2.24. The minimum Gasteiger partial charge on any atom is -0.493 e. The van der Waals surface area contributed by atoms with Crippen LogP contribution in [0.1, 0.15) is 15.9 Å². The normalized spacial score (nSPS) is 11.0. The van der Waals surface area contributed by atoms with Crippen molar-refractivity contribution < 1.29 is 27.1 Å². The second kappa shape index (κ2) is 9.88. The number of ether oxygens (including phenoxy) is 2. The minimum absolute atomic E-state index is 0.0202. The summed E-state index contributed by atoms with van der Waals surface area (Å²) in [5, 5.41) is 3.16. The van der Waals surface area contributed by atoms with Gasteiger partial charge in [0.15, 0.2) is 11.5 Å². The Morgan fingerprint density at radius 1 is 1.03 bits per heavy atom. The summed E-state index contributed by atoms with van der Waals surface area (Å²) in [4.78, 5) is 12.6. The van der Waals surface area contributed by atoms with Gasteiger partial charge in [-0.3, -0.25) is 9.52 Å². The van der Waals surface area contributed by atoms with Gasteiger partial charge < -0.3 is 14.8 Å². The van der Waals surface area contributed by atoms with E-state index in [9.17, 15) is 17.6 Å². The molecule has 0 atom stereocenters. The highest BCUT2D eigenvalue weighted by atomic mass is 35.5. The molecule has 0 heterocycles. The van der Waals surface area contributed by atoms with Crippen LogP contribution in [0.2, 0.25) is 5.02 Å². The molecule has 168 valence electrons. The van der Waals surface area contributed by atoms with Crippen LogP contribution in [0.4, 0.5) is 10.1 Å². The highest BCUT2D eigenvalue weighted by molar-refractivity contribution is 7.92. The molecule has 0 saturated carbocycles. The van der Waals surface area contributed by atoms with E-state index in [2.05, 4.69) is 10.0 Å². The number of hydrogen-bond acceptors (Lipinski definition) is 5. The number of rotatable bonds is 8. The van der Waals surface area contributed by atoms with Gasteiger partial charge in [0.1, 0.15) is 5.82 Å². The zero-order valence-corrected chi connectivity index (χ0v) is 18.8. The molecule has 0 bridgehead atoms. The number of halogens is 2. The van der Waals surface area contributed by atoms with Crippen molar-refractivity contribution in [3.05, 3.63) is 82.6 Å². The van der Waals surface area contributed by atoms with Crippen molar-refractivity contribution in [1.82, 2.24) is 5.32 Å². The van der Waals surface area contributed by atoms with Crippen LogP contribution in [0.25, 0.3) is 0 Å². The first-order valence-corrected chi connectivity index (χ1v) is 11.2. The van der Waals surface area contributed by atoms with Crippen molar-refractivity contribution >= 4 is 33.2 Å². The average molecular weight is 479 g/mol. The molecule has 0 radical (unpaired) electrons. The van der Waals surface area contributed by atoms with Gasteiger partial charge in [0, 0.05) is 17.6 Å². The molecule has 0 fully saturated rings. The summed E-state index contributed by atoms with van der Waals surface area (Å²) in [5.74, 6) is -1.28. The fraction of sp³-hybridized carbons (Fsp3) is 0.136. The Morgan fingerprint density at radius 3 is 2.38 bits per heavy atom. The van der Waals surface area contributed by atoms with Crippen molar-refractivity contribution in [3.63, 3.8) is 0 Å². The zero-order chi connectivity index (χ0) is 23.3. The van der Waals surface area contributed by atoms with Crippen LogP contribution < -0.4 is 19.5 Å². The van der Waals surface area contributed by atoms with Crippen molar-refractivity contribution in [3.8, 4) is 11.5 Å². The van der Waals surface area contributed by atoms with Crippen LogP contribution >= 0.6 is 11.6 Å². The average Bonchev–Trinajstić information content (AvgIpc) is 2.78. The summed E-state index contributed by atoms with van der Waals surface area (Å²) in [6.45, 7) is 0.106. The number of benzene rings is 3. The molecule has 0 aliphatic carbocycles. The number of nitrogens with one attached hydrogen (secondary N) is 2. The van der Waals surface area contributed by atoms with Crippen molar-refractivity contribution in [2.24, 2.45) is 0 Å². The number of amides is 1. The number of sulfonamides is 1. The van der Waals surface area contributed by atoms with Gasteiger partial charge in [-0.2, -0.15) is 0 Å². The predicted molar refractivity (Wildman–Crippen MR) is 119 cm³/mol. The summed E-state index contributed by atoms with van der Waals surface area (Å²) in [7, 11) is -1.61. The Bertz CT molecular complexity index is 1250. The van der Waals surface area contributed by atoms with Gasteiger partial charge in [0.2, 0.25) is 0 Å². The van der Waals surface area contributed by atoms with Crippen LogP contribution in [0.5, 0.6) is 11.5 Å². The van der Waals surface area contributed by atoms with E-state index in [0.717, 1.165) is 12.1 Å². The van der Waals surface area contributed by atoms with Gasteiger partial charge >= 0.3 is 0 Å². The van der Waals surface area contributed by atoms with Crippen molar-refractivity contribution in [2.75, 3.05) is 18.9 Å². The highest BCUT2D eigenvalue weighted by Gasteiger charge is 2.25. The summed E-state index contributed by atoms with van der Waals surface area (Å²) in [5.41, 5.74) is 0.373. The molecule has 0 saturated heterocycles. The van der Waals surface area contributed by atoms with E-state index in [1.807, 2.05) is 0 Å². The molecule has 3 rings (SSSR count). The second-order valence-corrected chi connectivity index (χ2v) is 8.66. The van der Waals surface area contributed by atoms with Crippen molar-refractivity contribution in [2.45, 2.75) is 11.4 Å². The third kappa shape index (κ3) is 5.12. The lowest BCUT2D eigenvalue weighted by Gasteiger charge is -2.16. The largest absolute Gasteiger partial charge is 0.493 e. The molecular weight excluding hydrogens is 459 g/mol. The Morgan fingerprint density at radius 2 is 1.72 bits per heavy atom. The first-order chi connectivity index (χ1) is 15.3. The topological polar surface area (TPSA) is 93.7 Å². The van der Waals surface area contributed by atoms with Crippen LogP contribution in [0.3, 0.4) is 0 Å². The maximum atomic E-state index is 14.0. The smallest absolute Gasteiger partial charge is 0.262 e. The van der Waals surface area contributed by atoms with E-state index >= 15 is 0 Å². The monoisotopic (exact) mass is 478 g/mol. The summed E-state index contributed by atoms with van der Waals surface area (Å²) < 4.78 is 52.4. The molecule has 3 aromatic rings. The molecule has 7 nitrogen and oxygen atoms in total. The number of anilines is 1. The zero-order valence-electron chi connectivity index (χ0n) is 17.2. The standard InChI is InChI=1S/C22H20ClFN2O5S/c1-30-20-12-15(32(28,29)26-19-10-6-5-9-18(19)24)11-16(21(20)31-2)22(27)25-13-14-7-3-4-8-17(14)23/h3-12,26H,13H2,1-2H3,(H,25,27). The second-order valence-electron chi connectivity index (χ2n) is 6.57. The predicted octanol–water partition coefficient (Wildman–Crippen LogP) is 4.23. The number of carbonyl (C=O) groups is 1. The first-order valence-electron chi connectivity index (χ1n) is 9.31. The van der Waals surface area contributed by atoms with Crippen LogP contribution in [-0.4, -0.2) is 28.5 Å². The number of methoxy groups -OCH3 is 2. The molecule has 2 N–H and O–H groups in total. The molecule has 1 amide bonds. The molecule has 10 heteroatoms. The third-order valence-electron chi connectivity index (χ3n) is 4.52. The van der Waals surface area contributed by atoms with Crippen LogP contribution in [0, 0.1) is 5.82 Å². The van der Waals surface area contributed by atoms with E-state index in [-0.39, 0.29) is 34.2 Å². The van der Waals surface area contributed by atoms with Gasteiger partial charge in [-0.25, -0.2) is 12.8 Å². The van der Waals surface area contributed by atoms with Crippen molar-refractivity contribution in [1.29, 1.82) is 0 Å². The lowest BCUT2D eigenvalue weighted by atomic mass is 10.1. The highest BCUT2D eigenvalue weighted by Crippen LogP contribution is 2.35. The Balaban J connectivity index is 1.97. The fourth-order valence-electron chi connectivity index (χ4n) is 2.92. The Hall–Kier alpha value is -3.30. The molecule has 0 aliphatic heterocycles. The SMILES string of the molecule is COc1cc(S(=O)(=O)Nc2ccccc2F)cc(C(=O)NCc2ccccc2Cl)c1OC. The van der Waals surface area contributed by atoms with E-state index in [4.69, 9.17) is 21.1 Å². The Kier molecular flexibility index (Phi) is 7.22. The van der Waals surface area contributed by atoms with Gasteiger partial charge in [-0.05, 0) is 29.8 Å². The van der Waals surface area contributed by atoms with Gasteiger partial charge in [-0.15, -0.1) is 0 Å². The van der Waals surface area contributed by atoms with Gasteiger partial charge in [0.25, 0.3) is 15.9 Å². The maximum Gasteiger partial charge on any atom is 0.262 e. The molecule has 0 spiro atoms. The third-order valence-corrected chi connectivity index (χ3v) is 6.24. The van der Waals surface area contributed by atoms with E-state index in [1.165, 1.54) is 38.5 Å².